The highest BCUT2D eigenvalue weighted by molar-refractivity contribution is 6.33. The maximum Gasteiger partial charge on any atom is 0.267 e. The fourth-order valence-electron chi connectivity index (χ4n) is 3.72. The highest BCUT2D eigenvalue weighted by Crippen LogP contribution is 2.26. The normalized spacial score (nSPS) is 15.1. The van der Waals surface area contributed by atoms with Gasteiger partial charge in [-0.1, -0.05) is 23.7 Å². The molecule has 0 aliphatic carbocycles. The molecule has 3 aromatic rings. The molecule has 2 heterocycles. The molecule has 2 aromatic carbocycles. The van der Waals surface area contributed by atoms with Crippen LogP contribution in [0.25, 0.3) is 11.3 Å². The minimum Gasteiger partial charge on any atom is -0.367 e. The number of piperazine rings is 1. The third-order valence-electron chi connectivity index (χ3n) is 5.47. The number of amides is 1. The van der Waals surface area contributed by atoms with E-state index in [1.165, 1.54) is 22.9 Å². The van der Waals surface area contributed by atoms with Gasteiger partial charge in [0, 0.05) is 37.8 Å². The third-order valence-corrected chi connectivity index (χ3v) is 5.79. The van der Waals surface area contributed by atoms with Crippen molar-refractivity contribution in [2.24, 2.45) is 0 Å². The Bertz CT molecular complexity index is 1140. The van der Waals surface area contributed by atoms with E-state index in [0.717, 1.165) is 5.69 Å². The maximum atomic E-state index is 13.2. The molecule has 8 heteroatoms. The first-order valence-corrected chi connectivity index (χ1v) is 10.5. The molecule has 160 valence electrons. The van der Waals surface area contributed by atoms with E-state index >= 15 is 0 Å². The summed E-state index contributed by atoms with van der Waals surface area (Å²) in [6.45, 7) is 4.04. The van der Waals surface area contributed by atoms with Crippen molar-refractivity contribution in [2.75, 3.05) is 31.1 Å². The zero-order valence-electron chi connectivity index (χ0n) is 17.0. The molecule has 0 bridgehead atoms. The zero-order chi connectivity index (χ0) is 22.0. The number of carbonyl (C=O) groups is 1. The Morgan fingerprint density at radius 3 is 2.35 bits per heavy atom. The van der Waals surface area contributed by atoms with E-state index in [-0.39, 0.29) is 17.3 Å². The number of para-hydroxylation sites is 1. The summed E-state index contributed by atoms with van der Waals surface area (Å²) in [5, 5.41) is 5.05. The van der Waals surface area contributed by atoms with Gasteiger partial charge in [0.15, 0.2) is 0 Å². The number of hydrogen-bond donors (Lipinski definition) is 0. The molecule has 1 aliphatic rings. The van der Waals surface area contributed by atoms with Crippen LogP contribution in [-0.4, -0.2) is 46.8 Å². The van der Waals surface area contributed by atoms with Crippen molar-refractivity contribution in [3.05, 3.63) is 81.9 Å². The summed E-state index contributed by atoms with van der Waals surface area (Å²) in [7, 11) is 0. The lowest BCUT2D eigenvalue weighted by Gasteiger charge is -2.37. The average molecular weight is 441 g/mol. The van der Waals surface area contributed by atoms with Crippen LogP contribution in [0.15, 0.2) is 65.5 Å². The van der Waals surface area contributed by atoms with Gasteiger partial charge in [-0.15, -0.1) is 0 Å². The second kappa shape index (κ2) is 8.89. The van der Waals surface area contributed by atoms with Gasteiger partial charge in [0.1, 0.15) is 11.9 Å². The predicted octanol–water partition coefficient (Wildman–Crippen LogP) is 3.61. The topological polar surface area (TPSA) is 58.4 Å². The number of benzene rings is 2. The first kappa shape index (κ1) is 21.1. The zero-order valence-corrected chi connectivity index (χ0v) is 17.8. The van der Waals surface area contributed by atoms with Crippen LogP contribution in [0.2, 0.25) is 5.02 Å². The van der Waals surface area contributed by atoms with E-state index in [4.69, 9.17) is 11.6 Å². The Morgan fingerprint density at radius 1 is 1.00 bits per heavy atom. The summed E-state index contributed by atoms with van der Waals surface area (Å²) in [6, 6.07) is 15.7. The molecule has 1 amide bonds. The van der Waals surface area contributed by atoms with Crippen molar-refractivity contribution in [2.45, 2.75) is 13.0 Å². The lowest BCUT2D eigenvalue weighted by molar-refractivity contribution is -0.135. The van der Waals surface area contributed by atoms with Crippen LogP contribution < -0.4 is 10.5 Å². The lowest BCUT2D eigenvalue weighted by Crippen LogP contribution is -2.51. The molecule has 6 nitrogen and oxygen atoms in total. The molecule has 1 unspecified atom stereocenters. The van der Waals surface area contributed by atoms with Gasteiger partial charge in [-0.2, -0.15) is 5.10 Å². The Balaban J connectivity index is 1.48. The minimum atomic E-state index is -0.750. The average Bonchev–Trinajstić information content (AvgIpc) is 2.79. The number of aromatic nitrogens is 2. The van der Waals surface area contributed by atoms with Crippen LogP contribution in [0.3, 0.4) is 0 Å². The molecule has 1 fully saturated rings. The van der Waals surface area contributed by atoms with E-state index in [2.05, 4.69) is 10.00 Å². The van der Waals surface area contributed by atoms with Crippen molar-refractivity contribution < 1.29 is 9.18 Å². The molecule has 0 spiro atoms. The Hall–Kier alpha value is -3.19. The van der Waals surface area contributed by atoms with Gasteiger partial charge in [-0.3, -0.25) is 9.59 Å². The van der Waals surface area contributed by atoms with Crippen LogP contribution in [0.1, 0.15) is 13.0 Å². The van der Waals surface area contributed by atoms with E-state index in [9.17, 15) is 14.0 Å². The number of carbonyl (C=O) groups excluding carboxylic acids is 1. The first-order valence-electron chi connectivity index (χ1n) is 10.1. The molecule has 0 radical (unpaired) electrons. The van der Waals surface area contributed by atoms with Crippen molar-refractivity contribution in [1.29, 1.82) is 0 Å². The van der Waals surface area contributed by atoms with E-state index in [0.29, 0.717) is 42.5 Å². The van der Waals surface area contributed by atoms with Crippen molar-refractivity contribution in [3.63, 3.8) is 0 Å². The Labute approximate surface area is 184 Å². The number of anilines is 1. The summed E-state index contributed by atoms with van der Waals surface area (Å²) in [5.74, 6) is -0.513. The van der Waals surface area contributed by atoms with Crippen LogP contribution >= 0.6 is 11.6 Å². The number of halogens is 2. The number of hydrogen-bond acceptors (Lipinski definition) is 4. The molecule has 31 heavy (non-hydrogen) atoms. The van der Waals surface area contributed by atoms with Gasteiger partial charge in [-0.05, 0) is 49.4 Å². The van der Waals surface area contributed by atoms with Gasteiger partial charge in [0.05, 0.1) is 16.4 Å². The summed E-state index contributed by atoms with van der Waals surface area (Å²) in [5.41, 5.74) is 1.77. The SMILES string of the molecule is CC(C(=O)N1CCN(c2ccccc2Cl)CC1)n1nc(-c2ccc(F)cc2)ccc1=O. The van der Waals surface area contributed by atoms with Gasteiger partial charge < -0.3 is 9.80 Å². The summed E-state index contributed by atoms with van der Waals surface area (Å²) >= 11 is 6.29. The van der Waals surface area contributed by atoms with Crippen molar-refractivity contribution in [3.8, 4) is 11.3 Å². The van der Waals surface area contributed by atoms with E-state index in [1.54, 1.807) is 30.0 Å². The first-order chi connectivity index (χ1) is 14.9. The Morgan fingerprint density at radius 2 is 1.68 bits per heavy atom. The second-order valence-corrected chi connectivity index (χ2v) is 7.86. The van der Waals surface area contributed by atoms with Gasteiger partial charge in [0.25, 0.3) is 5.56 Å². The van der Waals surface area contributed by atoms with Gasteiger partial charge >= 0.3 is 0 Å². The molecular weight excluding hydrogens is 419 g/mol. The van der Waals surface area contributed by atoms with Gasteiger partial charge in [-0.25, -0.2) is 9.07 Å². The summed E-state index contributed by atoms with van der Waals surface area (Å²) in [6.07, 6.45) is 0. The van der Waals surface area contributed by atoms with E-state index in [1.807, 2.05) is 24.3 Å². The van der Waals surface area contributed by atoms with Crippen LogP contribution in [0.4, 0.5) is 10.1 Å². The lowest BCUT2D eigenvalue weighted by atomic mass is 10.1. The van der Waals surface area contributed by atoms with Gasteiger partial charge in [0.2, 0.25) is 5.91 Å². The molecule has 1 aromatic heterocycles. The number of rotatable bonds is 4. The molecule has 1 saturated heterocycles. The van der Waals surface area contributed by atoms with Crippen molar-refractivity contribution >= 4 is 23.2 Å². The largest absolute Gasteiger partial charge is 0.367 e. The van der Waals surface area contributed by atoms with E-state index < -0.39 is 6.04 Å². The fourth-order valence-corrected chi connectivity index (χ4v) is 3.98. The molecule has 0 N–H and O–H groups in total. The van der Waals surface area contributed by atoms with Crippen LogP contribution in [0.5, 0.6) is 0 Å². The summed E-state index contributed by atoms with van der Waals surface area (Å²) in [4.78, 5) is 29.4. The highest BCUT2D eigenvalue weighted by atomic mass is 35.5. The molecular formula is C23H22ClFN4O2. The molecule has 1 atom stereocenters. The maximum absolute atomic E-state index is 13.2. The minimum absolute atomic E-state index is 0.162. The molecule has 1 aliphatic heterocycles. The van der Waals surface area contributed by atoms with Crippen LogP contribution in [-0.2, 0) is 4.79 Å². The third kappa shape index (κ3) is 4.46. The monoisotopic (exact) mass is 440 g/mol. The number of nitrogens with zero attached hydrogens (tertiary/aromatic N) is 4. The second-order valence-electron chi connectivity index (χ2n) is 7.45. The highest BCUT2D eigenvalue weighted by Gasteiger charge is 2.27. The van der Waals surface area contributed by atoms with Crippen LogP contribution in [0, 0.1) is 5.82 Å². The molecule has 4 rings (SSSR count). The fraction of sp³-hybridized carbons (Fsp3) is 0.261. The summed E-state index contributed by atoms with van der Waals surface area (Å²) < 4.78 is 14.4. The Kier molecular flexibility index (Phi) is 6.04. The van der Waals surface area contributed by atoms with Crippen molar-refractivity contribution in [1.82, 2.24) is 14.7 Å². The smallest absolute Gasteiger partial charge is 0.267 e. The predicted molar refractivity (Wildman–Crippen MR) is 119 cm³/mol. The molecule has 0 saturated carbocycles. The quantitative estimate of drug-likeness (QED) is 0.622. The standard InChI is InChI=1S/C23H22ClFN4O2/c1-16(29-22(30)11-10-20(26-29)17-6-8-18(25)9-7-17)23(31)28-14-12-27(13-15-28)21-5-3-2-4-19(21)24/h2-11,16H,12-15H2,1H3.